The van der Waals surface area contributed by atoms with E-state index in [1.807, 2.05) is 12.3 Å². The fourth-order valence-electron chi connectivity index (χ4n) is 2.99. The lowest BCUT2D eigenvalue weighted by molar-refractivity contribution is 0.0446. The molecule has 2 aromatic rings. The summed E-state index contributed by atoms with van der Waals surface area (Å²) in [6.07, 6.45) is 3.16. The Bertz CT molecular complexity index is 694. The van der Waals surface area contributed by atoms with Gasteiger partial charge in [-0.05, 0) is 23.8 Å². The number of nitrogens with zero attached hydrogens (tertiary/aromatic N) is 3. The smallest absolute Gasteiger partial charge is 0.121 e. The first-order valence-electron chi connectivity index (χ1n) is 8.69. The standard InChI is InChI=1S/C19H23Cl2N3O2/c20-18-4-3-17(10-19(18)21)26-14-16(25)13-24-8-6-23(7-9-24)12-15-2-1-5-22-11-15/h1-5,10-11,16,25H,6-9,12-14H2. The maximum atomic E-state index is 10.2. The van der Waals surface area contributed by atoms with E-state index in [1.165, 1.54) is 5.56 Å². The number of aromatic nitrogens is 1. The van der Waals surface area contributed by atoms with Crippen molar-refractivity contribution in [2.75, 3.05) is 39.3 Å². The number of hydrogen-bond donors (Lipinski definition) is 1. The second-order valence-electron chi connectivity index (χ2n) is 6.48. The molecule has 7 heteroatoms. The number of rotatable bonds is 7. The molecule has 2 heterocycles. The maximum Gasteiger partial charge on any atom is 0.121 e. The van der Waals surface area contributed by atoms with Crippen molar-refractivity contribution in [1.29, 1.82) is 0 Å². The largest absolute Gasteiger partial charge is 0.491 e. The van der Waals surface area contributed by atoms with Gasteiger partial charge in [-0.25, -0.2) is 0 Å². The zero-order valence-corrected chi connectivity index (χ0v) is 16.0. The lowest BCUT2D eigenvalue weighted by Gasteiger charge is -2.35. The molecule has 0 saturated carbocycles. The average Bonchev–Trinajstić information content (AvgIpc) is 2.65. The molecule has 0 amide bonds. The van der Waals surface area contributed by atoms with Crippen molar-refractivity contribution < 1.29 is 9.84 Å². The fraction of sp³-hybridized carbons (Fsp3) is 0.421. The van der Waals surface area contributed by atoms with Crippen molar-refractivity contribution in [2.45, 2.75) is 12.6 Å². The third-order valence-electron chi connectivity index (χ3n) is 4.40. The first-order valence-corrected chi connectivity index (χ1v) is 9.45. The lowest BCUT2D eigenvalue weighted by atomic mass is 10.2. The van der Waals surface area contributed by atoms with Crippen LogP contribution in [0, 0.1) is 0 Å². The molecule has 0 spiro atoms. The number of piperazine rings is 1. The predicted molar refractivity (Wildman–Crippen MR) is 104 cm³/mol. The highest BCUT2D eigenvalue weighted by atomic mass is 35.5. The zero-order valence-electron chi connectivity index (χ0n) is 14.5. The van der Waals surface area contributed by atoms with E-state index in [1.54, 1.807) is 24.4 Å². The minimum atomic E-state index is -0.547. The van der Waals surface area contributed by atoms with E-state index in [-0.39, 0.29) is 6.61 Å². The second-order valence-corrected chi connectivity index (χ2v) is 7.29. The van der Waals surface area contributed by atoms with E-state index in [0.29, 0.717) is 22.3 Å². The highest BCUT2D eigenvalue weighted by molar-refractivity contribution is 6.42. The molecule has 1 aromatic carbocycles. The Morgan fingerprint density at radius 3 is 2.54 bits per heavy atom. The molecule has 1 aromatic heterocycles. The lowest BCUT2D eigenvalue weighted by Crippen LogP contribution is -2.48. The van der Waals surface area contributed by atoms with Crippen LogP contribution in [-0.4, -0.2) is 65.3 Å². The van der Waals surface area contributed by atoms with Crippen LogP contribution >= 0.6 is 23.2 Å². The first-order chi connectivity index (χ1) is 12.6. The third kappa shape index (κ3) is 5.83. The molecular formula is C19H23Cl2N3O2. The molecule has 140 valence electrons. The Balaban J connectivity index is 1.37. The van der Waals surface area contributed by atoms with Crippen molar-refractivity contribution in [3.63, 3.8) is 0 Å². The normalized spacial score (nSPS) is 17.2. The van der Waals surface area contributed by atoms with Crippen molar-refractivity contribution in [3.05, 3.63) is 58.3 Å². The van der Waals surface area contributed by atoms with Crippen LogP contribution in [0.2, 0.25) is 10.0 Å². The monoisotopic (exact) mass is 395 g/mol. The van der Waals surface area contributed by atoms with Gasteiger partial charge in [-0.15, -0.1) is 0 Å². The Hall–Kier alpha value is -1.37. The summed E-state index contributed by atoms with van der Waals surface area (Å²) >= 11 is 11.8. The summed E-state index contributed by atoms with van der Waals surface area (Å²) in [5, 5.41) is 11.2. The molecular weight excluding hydrogens is 373 g/mol. The molecule has 1 saturated heterocycles. The van der Waals surface area contributed by atoms with E-state index in [4.69, 9.17) is 27.9 Å². The Kier molecular flexibility index (Phi) is 7.11. The topological polar surface area (TPSA) is 48.8 Å². The molecule has 1 unspecified atom stereocenters. The van der Waals surface area contributed by atoms with Crippen LogP contribution < -0.4 is 4.74 Å². The van der Waals surface area contributed by atoms with Gasteiger partial charge in [-0.1, -0.05) is 29.3 Å². The average molecular weight is 396 g/mol. The van der Waals surface area contributed by atoms with Crippen molar-refractivity contribution >= 4 is 23.2 Å². The molecule has 0 radical (unpaired) electrons. The number of halogens is 2. The van der Waals surface area contributed by atoms with Gasteiger partial charge in [0.2, 0.25) is 0 Å². The summed E-state index contributed by atoms with van der Waals surface area (Å²) in [4.78, 5) is 8.84. The molecule has 26 heavy (non-hydrogen) atoms. The van der Waals surface area contributed by atoms with E-state index in [2.05, 4.69) is 20.9 Å². The molecule has 1 N–H and O–H groups in total. The fourth-order valence-corrected chi connectivity index (χ4v) is 3.28. The van der Waals surface area contributed by atoms with Gasteiger partial charge in [0.05, 0.1) is 10.0 Å². The summed E-state index contributed by atoms with van der Waals surface area (Å²) in [5.74, 6) is 0.611. The second kappa shape index (κ2) is 9.53. The van der Waals surface area contributed by atoms with Crippen molar-refractivity contribution in [1.82, 2.24) is 14.8 Å². The van der Waals surface area contributed by atoms with Crippen molar-refractivity contribution in [3.8, 4) is 5.75 Å². The molecule has 1 fully saturated rings. The number of pyridine rings is 1. The van der Waals surface area contributed by atoms with Crippen LogP contribution in [0.3, 0.4) is 0 Å². The minimum absolute atomic E-state index is 0.230. The van der Waals surface area contributed by atoms with Crippen LogP contribution in [0.1, 0.15) is 5.56 Å². The molecule has 0 aliphatic carbocycles. The van der Waals surface area contributed by atoms with Gasteiger partial charge in [-0.3, -0.25) is 14.8 Å². The zero-order chi connectivity index (χ0) is 18.4. The SMILES string of the molecule is OC(COc1ccc(Cl)c(Cl)c1)CN1CCN(Cc2cccnc2)CC1. The first kappa shape index (κ1) is 19.4. The molecule has 3 rings (SSSR count). The number of aliphatic hydroxyl groups is 1. The number of ether oxygens (including phenoxy) is 1. The van der Waals surface area contributed by atoms with E-state index in [9.17, 15) is 5.11 Å². The highest BCUT2D eigenvalue weighted by Crippen LogP contribution is 2.26. The Morgan fingerprint density at radius 2 is 1.85 bits per heavy atom. The van der Waals surface area contributed by atoms with Gasteiger partial charge >= 0.3 is 0 Å². The number of β-amino-alcohol motifs (C(OH)–C–C–N with tert-alkyl or cyclic N) is 1. The number of hydrogen-bond acceptors (Lipinski definition) is 5. The minimum Gasteiger partial charge on any atom is -0.491 e. The molecule has 5 nitrogen and oxygen atoms in total. The number of benzene rings is 1. The van der Waals surface area contributed by atoms with E-state index < -0.39 is 6.10 Å². The summed E-state index contributed by atoms with van der Waals surface area (Å²) in [7, 11) is 0. The van der Waals surface area contributed by atoms with Crippen LogP contribution in [0.25, 0.3) is 0 Å². The van der Waals surface area contributed by atoms with Crippen LogP contribution in [0.5, 0.6) is 5.75 Å². The van der Waals surface area contributed by atoms with Gasteiger partial charge in [-0.2, -0.15) is 0 Å². The van der Waals surface area contributed by atoms with Crippen LogP contribution in [0.15, 0.2) is 42.7 Å². The van der Waals surface area contributed by atoms with E-state index in [0.717, 1.165) is 32.7 Å². The summed E-state index contributed by atoms with van der Waals surface area (Å²) in [5.41, 5.74) is 1.23. The third-order valence-corrected chi connectivity index (χ3v) is 5.14. The van der Waals surface area contributed by atoms with Crippen LogP contribution in [-0.2, 0) is 6.54 Å². The van der Waals surface area contributed by atoms with Gasteiger partial charge in [0.1, 0.15) is 18.5 Å². The van der Waals surface area contributed by atoms with E-state index >= 15 is 0 Å². The molecule has 1 atom stereocenters. The van der Waals surface area contributed by atoms with Gasteiger partial charge in [0, 0.05) is 57.7 Å². The van der Waals surface area contributed by atoms with Crippen LogP contribution in [0.4, 0.5) is 0 Å². The highest BCUT2D eigenvalue weighted by Gasteiger charge is 2.19. The maximum absolute atomic E-state index is 10.2. The van der Waals surface area contributed by atoms with Crippen molar-refractivity contribution in [2.24, 2.45) is 0 Å². The van der Waals surface area contributed by atoms with Gasteiger partial charge in [0.25, 0.3) is 0 Å². The summed E-state index contributed by atoms with van der Waals surface area (Å²) in [6, 6.07) is 9.17. The van der Waals surface area contributed by atoms with Gasteiger partial charge in [0.15, 0.2) is 0 Å². The quantitative estimate of drug-likeness (QED) is 0.780. The molecule has 1 aliphatic heterocycles. The molecule has 1 aliphatic rings. The predicted octanol–water partition coefficient (Wildman–Crippen LogP) is 2.95. The Labute approximate surface area is 164 Å². The van der Waals surface area contributed by atoms with Gasteiger partial charge < -0.3 is 9.84 Å². The summed E-state index contributed by atoms with van der Waals surface area (Å²) in [6.45, 7) is 5.58. The number of aliphatic hydroxyl groups excluding tert-OH is 1. The summed E-state index contributed by atoms with van der Waals surface area (Å²) < 4.78 is 5.61. The Morgan fingerprint density at radius 1 is 1.08 bits per heavy atom. The molecule has 0 bridgehead atoms.